The van der Waals surface area contributed by atoms with E-state index >= 15 is 0 Å². The van der Waals surface area contributed by atoms with Crippen LogP contribution in [0.2, 0.25) is 0 Å². The van der Waals surface area contributed by atoms with Gasteiger partial charge in [-0.05, 0) is 60.7 Å². The number of hydrogen-bond acceptors (Lipinski definition) is 6. The van der Waals surface area contributed by atoms with Crippen molar-refractivity contribution in [3.63, 3.8) is 0 Å². The molecule has 156 valence electrons. The molecule has 0 aliphatic rings. The number of nitro groups is 1. The summed E-state index contributed by atoms with van der Waals surface area (Å²) < 4.78 is 10.5. The monoisotopic (exact) mass is 417 g/mol. The molecule has 1 aromatic heterocycles. The molecule has 0 bridgehead atoms. The number of aromatic amines is 1. The maximum Gasteiger partial charge on any atom is 0.311 e. The minimum atomic E-state index is -0.628. The molecule has 0 aliphatic carbocycles. The van der Waals surface area contributed by atoms with Crippen LogP contribution in [0.25, 0.3) is 33.9 Å². The van der Waals surface area contributed by atoms with Gasteiger partial charge in [-0.3, -0.25) is 10.1 Å². The van der Waals surface area contributed by atoms with E-state index in [-0.39, 0.29) is 5.69 Å². The van der Waals surface area contributed by atoms with E-state index in [1.165, 1.54) is 12.1 Å². The second kappa shape index (κ2) is 8.19. The highest BCUT2D eigenvalue weighted by molar-refractivity contribution is 5.82. The Labute approximate surface area is 177 Å². The first-order chi connectivity index (χ1) is 15.0. The second-order valence-corrected chi connectivity index (χ2v) is 6.73. The third-order valence-electron chi connectivity index (χ3n) is 4.89. The van der Waals surface area contributed by atoms with E-state index in [0.717, 1.165) is 28.3 Å². The Morgan fingerprint density at radius 3 is 1.97 bits per heavy atom. The maximum atomic E-state index is 11.2. The summed E-state index contributed by atoms with van der Waals surface area (Å²) in [4.78, 5) is 18.6. The van der Waals surface area contributed by atoms with Crippen LogP contribution in [0.4, 0.5) is 5.69 Å². The van der Waals surface area contributed by atoms with Crippen LogP contribution in [0.5, 0.6) is 17.2 Å². The molecule has 0 saturated heterocycles. The van der Waals surface area contributed by atoms with Gasteiger partial charge in [0.25, 0.3) is 0 Å². The Hall–Kier alpha value is -4.33. The molecule has 0 unspecified atom stereocenters. The second-order valence-electron chi connectivity index (χ2n) is 6.73. The lowest BCUT2D eigenvalue weighted by Crippen LogP contribution is -1.90. The maximum absolute atomic E-state index is 11.2. The molecule has 4 rings (SSSR count). The number of imidazole rings is 1. The van der Waals surface area contributed by atoms with E-state index in [9.17, 15) is 15.2 Å². The zero-order chi connectivity index (χ0) is 22.0. The number of aromatic nitrogens is 2. The van der Waals surface area contributed by atoms with Crippen molar-refractivity contribution in [2.75, 3.05) is 14.2 Å². The first-order valence-corrected chi connectivity index (χ1v) is 9.37. The van der Waals surface area contributed by atoms with E-state index in [1.807, 2.05) is 48.5 Å². The molecule has 8 nitrogen and oxygen atoms in total. The molecule has 0 amide bonds. The van der Waals surface area contributed by atoms with Crippen molar-refractivity contribution in [3.05, 3.63) is 76.8 Å². The minimum Gasteiger partial charge on any atom is -0.502 e. The first-order valence-electron chi connectivity index (χ1n) is 9.37. The summed E-state index contributed by atoms with van der Waals surface area (Å²) in [5, 5.41) is 21.0. The molecule has 0 aliphatic heterocycles. The molecule has 31 heavy (non-hydrogen) atoms. The number of nitrogens with zero attached hydrogens (tertiary/aromatic N) is 2. The van der Waals surface area contributed by atoms with Gasteiger partial charge < -0.3 is 19.6 Å². The summed E-state index contributed by atoms with van der Waals surface area (Å²) in [6.45, 7) is 0. The fourth-order valence-electron chi connectivity index (χ4n) is 3.25. The molecule has 8 heteroatoms. The smallest absolute Gasteiger partial charge is 0.311 e. The highest BCUT2D eigenvalue weighted by Gasteiger charge is 2.19. The van der Waals surface area contributed by atoms with Crippen LogP contribution in [0, 0.1) is 10.1 Å². The highest BCUT2D eigenvalue weighted by atomic mass is 16.6. The van der Waals surface area contributed by atoms with Crippen LogP contribution in [0.15, 0.2) is 66.7 Å². The minimum absolute atomic E-state index is 0.383. The van der Waals surface area contributed by atoms with Crippen LogP contribution >= 0.6 is 0 Å². The molecule has 0 saturated carbocycles. The lowest BCUT2D eigenvalue weighted by atomic mass is 10.0. The molecule has 0 spiro atoms. The van der Waals surface area contributed by atoms with Crippen LogP contribution in [-0.2, 0) is 0 Å². The number of ether oxygens (including phenoxy) is 2. The molecule has 2 N–H and O–H groups in total. The summed E-state index contributed by atoms with van der Waals surface area (Å²) in [5.74, 6) is 1.49. The van der Waals surface area contributed by atoms with Gasteiger partial charge in [0.2, 0.25) is 0 Å². The predicted octanol–water partition coefficient (Wildman–Crippen LogP) is 5.04. The number of aromatic hydroxyl groups is 1. The third-order valence-corrected chi connectivity index (χ3v) is 4.89. The lowest BCUT2D eigenvalue weighted by molar-refractivity contribution is -0.385. The van der Waals surface area contributed by atoms with Crippen molar-refractivity contribution in [3.8, 4) is 51.2 Å². The van der Waals surface area contributed by atoms with E-state index in [4.69, 9.17) is 14.5 Å². The molecule has 0 fully saturated rings. The summed E-state index contributed by atoms with van der Waals surface area (Å²) >= 11 is 0. The normalized spacial score (nSPS) is 10.6. The Kier molecular flexibility index (Phi) is 5.28. The Balaban J connectivity index is 1.87. The summed E-state index contributed by atoms with van der Waals surface area (Å²) in [5.41, 5.74) is 3.25. The van der Waals surface area contributed by atoms with Gasteiger partial charge in [-0.15, -0.1) is 0 Å². The van der Waals surface area contributed by atoms with Gasteiger partial charge in [-0.25, -0.2) is 4.98 Å². The number of methoxy groups -OCH3 is 2. The van der Waals surface area contributed by atoms with E-state index in [2.05, 4.69) is 4.98 Å². The summed E-state index contributed by atoms with van der Waals surface area (Å²) in [7, 11) is 3.20. The average molecular weight is 417 g/mol. The Bertz CT molecular complexity index is 1170. The van der Waals surface area contributed by atoms with Crippen LogP contribution < -0.4 is 9.47 Å². The zero-order valence-electron chi connectivity index (χ0n) is 16.8. The number of H-pyrrole nitrogens is 1. The molecular formula is C23H19N3O5. The summed E-state index contributed by atoms with van der Waals surface area (Å²) in [6.07, 6.45) is 0. The SMILES string of the molecule is COc1ccc(-c2nc(-c3ccc(O)c([N+](=O)[O-])c3)[nH]c2-c2ccc(OC)cc2)cc1. The van der Waals surface area contributed by atoms with Crippen molar-refractivity contribution in [2.45, 2.75) is 0 Å². The van der Waals surface area contributed by atoms with Crippen molar-refractivity contribution in [1.29, 1.82) is 0 Å². The van der Waals surface area contributed by atoms with Gasteiger partial charge in [0.15, 0.2) is 5.75 Å². The lowest BCUT2D eigenvalue weighted by Gasteiger charge is -2.06. The van der Waals surface area contributed by atoms with Gasteiger partial charge in [-0.1, -0.05) is 0 Å². The predicted molar refractivity (Wildman–Crippen MR) is 116 cm³/mol. The third kappa shape index (κ3) is 3.91. The number of benzene rings is 3. The zero-order valence-corrected chi connectivity index (χ0v) is 16.8. The summed E-state index contributed by atoms with van der Waals surface area (Å²) in [6, 6.07) is 19.1. The van der Waals surface area contributed by atoms with E-state index in [0.29, 0.717) is 17.1 Å². The quantitative estimate of drug-likeness (QED) is 0.336. The van der Waals surface area contributed by atoms with Crippen molar-refractivity contribution in [2.24, 2.45) is 0 Å². The Morgan fingerprint density at radius 1 is 0.871 bits per heavy atom. The molecule has 3 aromatic carbocycles. The number of phenols is 1. The molecule has 4 aromatic rings. The van der Waals surface area contributed by atoms with Gasteiger partial charge in [0.1, 0.15) is 17.3 Å². The molecule has 1 heterocycles. The van der Waals surface area contributed by atoms with Crippen LogP contribution in [0.1, 0.15) is 0 Å². The molecular weight excluding hydrogens is 398 g/mol. The van der Waals surface area contributed by atoms with E-state index < -0.39 is 10.7 Å². The van der Waals surface area contributed by atoms with Crippen LogP contribution in [-0.4, -0.2) is 34.2 Å². The average Bonchev–Trinajstić information content (AvgIpc) is 3.24. The van der Waals surface area contributed by atoms with Crippen molar-refractivity contribution < 1.29 is 19.5 Å². The fourth-order valence-corrected chi connectivity index (χ4v) is 3.25. The molecule has 0 radical (unpaired) electrons. The number of phenolic OH excluding ortho intramolecular Hbond substituents is 1. The van der Waals surface area contributed by atoms with E-state index in [1.54, 1.807) is 20.3 Å². The fraction of sp³-hybridized carbons (Fsp3) is 0.0870. The standard InChI is InChI=1S/C23H19N3O5/c1-30-17-8-3-14(4-9-17)21-22(15-5-10-18(31-2)11-6-15)25-23(24-21)16-7-12-20(27)19(13-16)26(28)29/h3-13,27H,1-2H3,(H,24,25). The van der Waals surface area contributed by atoms with Crippen LogP contribution in [0.3, 0.4) is 0 Å². The largest absolute Gasteiger partial charge is 0.502 e. The van der Waals surface area contributed by atoms with Crippen molar-refractivity contribution >= 4 is 5.69 Å². The highest BCUT2D eigenvalue weighted by Crippen LogP contribution is 2.36. The van der Waals surface area contributed by atoms with Gasteiger partial charge in [-0.2, -0.15) is 0 Å². The first kappa shape index (κ1) is 20.0. The Morgan fingerprint density at radius 2 is 1.42 bits per heavy atom. The van der Waals surface area contributed by atoms with Gasteiger partial charge in [0, 0.05) is 22.8 Å². The van der Waals surface area contributed by atoms with Gasteiger partial charge >= 0.3 is 5.69 Å². The van der Waals surface area contributed by atoms with Gasteiger partial charge in [0.05, 0.1) is 30.5 Å². The topological polar surface area (TPSA) is 111 Å². The van der Waals surface area contributed by atoms with Crippen molar-refractivity contribution in [1.82, 2.24) is 9.97 Å². The number of rotatable bonds is 6. The number of nitro benzene ring substituents is 1. The number of hydrogen-bond donors (Lipinski definition) is 2. The molecule has 0 atom stereocenters. The number of nitrogens with one attached hydrogen (secondary N) is 1.